The average molecular weight is 548 g/mol. The van der Waals surface area contributed by atoms with Gasteiger partial charge in [0.05, 0.1) is 18.0 Å². The van der Waals surface area contributed by atoms with E-state index in [2.05, 4.69) is 41.1 Å². The Morgan fingerprint density at radius 1 is 0.974 bits per heavy atom. The van der Waals surface area contributed by atoms with Gasteiger partial charge in [0.1, 0.15) is 5.75 Å². The highest BCUT2D eigenvalue weighted by Crippen LogP contribution is 2.46. The minimum Gasteiger partial charge on any atom is -0.497 e. The van der Waals surface area contributed by atoms with Crippen LogP contribution in [0.2, 0.25) is 0 Å². The van der Waals surface area contributed by atoms with Crippen molar-refractivity contribution < 1.29 is 19.1 Å². The largest absolute Gasteiger partial charge is 0.497 e. The Hall–Kier alpha value is -3.49. The molecule has 0 fully saturated rings. The van der Waals surface area contributed by atoms with Crippen LogP contribution in [0.25, 0.3) is 0 Å². The fourth-order valence-corrected chi connectivity index (χ4v) is 5.95. The van der Waals surface area contributed by atoms with Gasteiger partial charge in [-0.25, -0.2) is 0 Å². The molecule has 39 heavy (non-hydrogen) atoms. The summed E-state index contributed by atoms with van der Waals surface area (Å²) < 4.78 is 11.0. The maximum Gasteiger partial charge on any atom is 0.303 e. The van der Waals surface area contributed by atoms with Crippen LogP contribution >= 0.6 is 11.8 Å². The standard InChI is InChI=1S/C31H37N3O4S/c1-22(35)38-29-30(24-13-15-26(37-5)16-14-24)39-28-12-7-6-11-27(28)34(31(29)36)20-19-33(4)18-17-23-9-8-10-25(21-23)32(2)3/h6-16,21,29-30H,17-20H2,1-5H3/t29-,30+/m1/s1. The lowest BCUT2D eigenvalue weighted by molar-refractivity contribution is -0.152. The van der Waals surface area contributed by atoms with E-state index in [1.807, 2.05) is 62.6 Å². The van der Waals surface area contributed by atoms with Crippen LogP contribution in [0.15, 0.2) is 77.7 Å². The van der Waals surface area contributed by atoms with Gasteiger partial charge in [-0.2, -0.15) is 0 Å². The van der Waals surface area contributed by atoms with Crippen LogP contribution in [0, 0.1) is 0 Å². The monoisotopic (exact) mass is 547 g/mol. The Morgan fingerprint density at radius 3 is 2.41 bits per heavy atom. The fraction of sp³-hybridized carbons (Fsp3) is 0.355. The molecule has 0 aliphatic carbocycles. The zero-order chi connectivity index (χ0) is 27.9. The number of anilines is 2. The van der Waals surface area contributed by atoms with Crippen LogP contribution < -0.4 is 14.5 Å². The number of thioether (sulfide) groups is 1. The van der Waals surface area contributed by atoms with Crippen LogP contribution in [0.1, 0.15) is 23.3 Å². The lowest BCUT2D eigenvalue weighted by Gasteiger charge is -2.29. The van der Waals surface area contributed by atoms with Gasteiger partial charge >= 0.3 is 5.97 Å². The minimum atomic E-state index is -0.952. The van der Waals surface area contributed by atoms with Crippen molar-refractivity contribution in [1.82, 2.24) is 4.90 Å². The van der Waals surface area contributed by atoms with Crippen LogP contribution in [-0.4, -0.2) is 70.8 Å². The zero-order valence-corrected chi connectivity index (χ0v) is 24.1. The summed E-state index contributed by atoms with van der Waals surface area (Å²) in [5.41, 5.74) is 4.20. The molecule has 206 valence electrons. The Morgan fingerprint density at radius 2 is 1.72 bits per heavy atom. The number of carbonyl (C=O) groups excluding carboxylic acids is 2. The van der Waals surface area contributed by atoms with E-state index >= 15 is 0 Å². The topological polar surface area (TPSA) is 62.3 Å². The van der Waals surface area contributed by atoms with Crippen LogP contribution in [-0.2, 0) is 20.7 Å². The molecule has 0 N–H and O–H groups in total. The fourth-order valence-electron chi connectivity index (χ4n) is 4.63. The lowest BCUT2D eigenvalue weighted by Crippen LogP contribution is -2.45. The summed E-state index contributed by atoms with van der Waals surface area (Å²) in [7, 11) is 7.78. The second kappa shape index (κ2) is 13.0. The first kappa shape index (κ1) is 28.5. The average Bonchev–Trinajstić information content (AvgIpc) is 3.05. The van der Waals surface area contributed by atoms with E-state index < -0.39 is 12.1 Å². The Balaban J connectivity index is 1.53. The van der Waals surface area contributed by atoms with Gasteiger partial charge in [0.25, 0.3) is 5.91 Å². The number of ether oxygens (including phenoxy) is 2. The van der Waals surface area contributed by atoms with Crippen LogP contribution in [0.3, 0.4) is 0 Å². The van der Waals surface area contributed by atoms with Crippen LogP contribution in [0.5, 0.6) is 5.75 Å². The number of methoxy groups -OCH3 is 1. The lowest BCUT2D eigenvalue weighted by atomic mass is 10.1. The molecule has 0 saturated carbocycles. The molecule has 1 amide bonds. The summed E-state index contributed by atoms with van der Waals surface area (Å²) in [4.78, 5) is 33.3. The maximum atomic E-state index is 14.0. The molecule has 3 aromatic rings. The van der Waals surface area contributed by atoms with Crippen molar-refractivity contribution >= 4 is 35.0 Å². The summed E-state index contributed by atoms with van der Waals surface area (Å²) in [5.74, 6) is 0.0391. The molecule has 0 aromatic heterocycles. The van der Waals surface area contributed by atoms with Gasteiger partial charge in [-0.3, -0.25) is 9.59 Å². The molecule has 1 aliphatic heterocycles. The normalized spacial score (nSPS) is 17.0. The second-order valence-corrected chi connectivity index (χ2v) is 11.1. The number of hydrogen-bond donors (Lipinski definition) is 0. The molecule has 7 nitrogen and oxygen atoms in total. The van der Waals surface area contributed by atoms with Gasteiger partial charge in [0, 0.05) is 51.2 Å². The highest BCUT2D eigenvalue weighted by molar-refractivity contribution is 7.99. The first-order valence-corrected chi connectivity index (χ1v) is 14.0. The number of nitrogens with zero attached hydrogens (tertiary/aromatic N) is 3. The summed E-state index contributed by atoms with van der Waals surface area (Å²) in [6.07, 6.45) is -0.0406. The van der Waals surface area contributed by atoms with E-state index in [0.29, 0.717) is 13.1 Å². The van der Waals surface area contributed by atoms with Crippen LogP contribution in [0.4, 0.5) is 11.4 Å². The smallest absolute Gasteiger partial charge is 0.303 e. The predicted molar refractivity (Wildman–Crippen MR) is 158 cm³/mol. The number of rotatable bonds is 10. The van der Waals surface area contributed by atoms with Crippen molar-refractivity contribution in [2.24, 2.45) is 0 Å². The molecule has 2 atom stereocenters. The van der Waals surface area contributed by atoms with E-state index in [1.165, 1.54) is 18.2 Å². The SMILES string of the molecule is COc1ccc([C@@H]2Sc3ccccc3N(CCN(C)CCc3cccc(N(C)C)c3)C(=O)[C@@H]2OC(C)=O)cc1. The van der Waals surface area contributed by atoms with Crippen molar-refractivity contribution in [3.63, 3.8) is 0 Å². The molecule has 8 heteroatoms. The van der Waals surface area contributed by atoms with E-state index in [0.717, 1.165) is 34.9 Å². The molecule has 0 radical (unpaired) electrons. The first-order valence-electron chi connectivity index (χ1n) is 13.1. The first-order chi connectivity index (χ1) is 18.8. The number of carbonyl (C=O) groups is 2. The zero-order valence-electron chi connectivity index (χ0n) is 23.3. The third kappa shape index (κ3) is 7.13. The summed E-state index contributed by atoms with van der Waals surface area (Å²) in [6, 6.07) is 24.0. The van der Waals surface area contributed by atoms with Crippen molar-refractivity contribution in [2.75, 3.05) is 57.7 Å². The molecule has 0 spiro atoms. The molecular weight excluding hydrogens is 510 g/mol. The van der Waals surface area contributed by atoms with Gasteiger partial charge in [0.15, 0.2) is 6.10 Å². The molecule has 0 bridgehead atoms. The third-order valence-corrected chi connectivity index (χ3v) is 8.22. The molecular formula is C31H37N3O4S. The van der Waals surface area contributed by atoms with E-state index in [4.69, 9.17) is 9.47 Å². The number of hydrogen-bond acceptors (Lipinski definition) is 7. The van der Waals surface area contributed by atoms with Gasteiger partial charge in [0.2, 0.25) is 0 Å². The predicted octanol–water partition coefficient (Wildman–Crippen LogP) is 5.05. The summed E-state index contributed by atoms with van der Waals surface area (Å²) in [5, 5.41) is -0.389. The van der Waals surface area contributed by atoms with E-state index in [1.54, 1.807) is 23.8 Å². The van der Waals surface area contributed by atoms with E-state index in [9.17, 15) is 9.59 Å². The number of fused-ring (bicyclic) bond motifs is 1. The Kier molecular flexibility index (Phi) is 9.54. The van der Waals surface area contributed by atoms with Gasteiger partial charge < -0.3 is 24.2 Å². The number of amides is 1. The van der Waals surface area contributed by atoms with Crippen molar-refractivity contribution in [3.05, 3.63) is 83.9 Å². The number of para-hydroxylation sites is 1. The third-order valence-electron chi connectivity index (χ3n) is 6.85. The molecule has 0 saturated heterocycles. The summed E-state index contributed by atoms with van der Waals surface area (Å²) >= 11 is 1.55. The molecule has 0 unspecified atom stereocenters. The number of benzene rings is 3. The number of likely N-dealkylation sites (N-methyl/N-ethyl adjacent to an activating group) is 1. The van der Waals surface area contributed by atoms with Crippen molar-refractivity contribution in [1.29, 1.82) is 0 Å². The highest BCUT2D eigenvalue weighted by Gasteiger charge is 2.40. The Labute approximate surface area is 235 Å². The number of esters is 1. The summed E-state index contributed by atoms with van der Waals surface area (Å²) in [6.45, 7) is 3.37. The van der Waals surface area contributed by atoms with E-state index in [-0.39, 0.29) is 11.2 Å². The van der Waals surface area contributed by atoms with Crippen molar-refractivity contribution in [3.8, 4) is 5.75 Å². The quantitative estimate of drug-likeness (QED) is 0.329. The molecule has 1 heterocycles. The van der Waals surface area contributed by atoms with Crippen molar-refractivity contribution in [2.45, 2.75) is 29.6 Å². The highest BCUT2D eigenvalue weighted by atomic mass is 32.2. The molecule has 4 rings (SSSR count). The Bertz CT molecular complexity index is 1280. The maximum absolute atomic E-state index is 14.0. The van der Waals surface area contributed by atoms with Gasteiger partial charge in [-0.05, 0) is 61.0 Å². The van der Waals surface area contributed by atoms with Gasteiger partial charge in [-0.15, -0.1) is 11.8 Å². The van der Waals surface area contributed by atoms with Gasteiger partial charge in [-0.1, -0.05) is 36.4 Å². The minimum absolute atomic E-state index is 0.212. The second-order valence-electron chi connectivity index (χ2n) is 9.92. The molecule has 3 aromatic carbocycles. The molecule has 1 aliphatic rings.